The minimum absolute atomic E-state index is 0.0293. The number of carbonyl (C=O) groups excluding carboxylic acids is 5. The second-order valence-electron chi connectivity index (χ2n) is 12.6. The Kier molecular flexibility index (Phi) is 24.9. The van der Waals surface area contributed by atoms with Crippen LogP contribution in [-0.2, 0) is 57.0 Å². The van der Waals surface area contributed by atoms with Gasteiger partial charge in [-0.1, -0.05) is 12.5 Å². The van der Waals surface area contributed by atoms with Gasteiger partial charge in [-0.2, -0.15) is 0 Å². The lowest BCUT2D eigenvalue weighted by atomic mass is 10.0. The van der Waals surface area contributed by atoms with Crippen LogP contribution in [0.4, 0.5) is 5.69 Å². The van der Waals surface area contributed by atoms with E-state index in [-0.39, 0.29) is 42.0 Å². The monoisotopic (exact) mass is 796 g/mol. The van der Waals surface area contributed by atoms with E-state index in [1.165, 1.54) is 6.07 Å². The summed E-state index contributed by atoms with van der Waals surface area (Å²) in [6.45, 7) is 9.92. The fourth-order valence-electron chi connectivity index (χ4n) is 5.53. The molecule has 1 unspecified atom stereocenters. The zero-order valence-corrected chi connectivity index (χ0v) is 32.6. The standard InChI is InChI=1S/C38H60N4O14/c1-39-11-13-49-15-17-51-19-21-53-23-25-55-27-29-56-28-26-54-24-22-52-20-18-50-16-14-48-12-4-2-3-8-33(43)40-31-7-5-6-30-35(31)38(47)42(37(30)46)32-9-10-34(44)41-36(32)45/h5-7,32,39H,2-4,8-29H2,1H3,(H,40,43)(H,41,44,45). The van der Waals surface area contributed by atoms with Crippen molar-refractivity contribution < 1.29 is 66.6 Å². The zero-order valence-electron chi connectivity index (χ0n) is 32.6. The van der Waals surface area contributed by atoms with Gasteiger partial charge in [0.2, 0.25) is 17.7 Å². The Balaban J connectivity index is 1.03. The Bertz CT molecular complexity index is 1320. The number of benzene rings is 1. The molecular formula is C38H60N4O14. The number of fused-ring (bicyclic) bond motifs is 1. The molecule has 3 rings (SSSR count). The van der Waals surface area contributed by atoms with Gasteiger partial charge in [-0.3, -0.25) is 34.2 Å². The maximum absolute atomic E-state index is 13.2. The minimum atomic E-state index is -1.07. The predicted molar refractivity (Wildman–Crippen MR) is 202 cm³/mol. The van der Waals surface area contributed by atoms with Crippen LogP contribution in [0, 0.1) is 0 Å². The molecule has 2 heterocycles. The molecule has 2 aliphatic heterocycles. The highest BCUT2D eigenvalue weighted by atomic mass is 16.6. The van der Waals surface area contributed by atoms with E-state index in [2.05, 4.69) is 16.0 Å². The molecule has 1 atom stereocenters. The highest BCUT2D eigenvalue weighted by Gasteiger charge is 2.45. The second-order valence-corrected chi connectivity index (χ2v) is 12.6. The van der Waals surface area contributed by atoms with Crippen LogP contribution in [0.15, 0.2) is 18.2 Å². The molecule has 0 spiro atoms. The average Bonchev–Trinajstić information content (AvgIpc) is 3.44. The quantitative estimate of drug-likeness (QED) is 0.0646. The van der Waals surface area contributed by atoms with E-state index in [1.54, 1.807) is 12.1 Å². The lowest BCUT2D eigenvalue weighted by Gasteiger charge is -2.27. The van der Waals surface area contributed by atoms with Gasteiger partial charge < -0.3 is 53.3 Å². The van der Waals surface area contributed by atoms with Crippen molar-refractivity contribution in [3.63, 3.8) is 0 Å². The van der Waals surface area contributed by atoms with Crippen LogP contribution in [0.1, 0.15) is 59.2 Å². The van der Waals surface area contributed by atoms with Crippen molar-refractivity contribution in [2.24, 2.45) is 0 Å². The van der Waals surface area contributed by atoms with Crippen molar-refractivity contribution in [3.8, 4) is 0 Å². The number of ether oxygens (including phenoxy) is 9. The molecular weight excluding hydrogens is 736 g/mol. The van der Waals surface area contributed by atoms with E-state index in [9.17, 15) is 24.0 Å². The number of nitrogens with one attached hydrogen (secondary N) is 3. The molecule has 0 saturated carbocycles. The fourth-order valence-corrected chi connectivity index (χ4v) is 5.53. The molecule has 0 radical (unpaired) electrons. The fraction of sp³-hybridized carbons (Fsp3) is 0.711. The van der Waals surface area contributed by atoms with E-state index < -0.39 is 29.7 Å². The molecule has 0 aliphatic carbocycles. The molecule has 18 heteroatoms. The third-order valence-corrected chi connectivity index (χ3v) is 8.41. The van der Waals surface area contributed by atoms with Gasteiger partial charge in [0.25, 0.3) is 11.8 Å². The maximum Gasteiger partial charge on any atom is 0.264 e. The lowest BCUT2D eigenvalue weighted by Crippen LogP contribution is -2.54. The number of nitrogens with zero attached hydrogens (tertiary/aromatic N) is 1. The first-order valence-corrected chi connectivity index (χ1v) is 19.4. The maximum atomic E-state index is 13.2. The first-order chi connectivity index (χ1) is 27.4. The summed E-state index contributed by atoms with van der Waals surface area (Å²) < 4.78 is 49.3. The van der Waals surface area contributed by atoms with E-state index in [4.69, 9.17) is 42.6 Å². The van der Waals surface area contributed by atoms with Crippen LogP contribution in [0.5, 0.6) is 0 Å². The molecule has 316 valence electrons. The summed E-state index contributed by atoms with van der Waals surface area (Å²) in [5.41, 5.74) is 0.386. The Morgan fingerprint density at radius 2 is 1.12 bits per heavy atom. The van der Waals surface area contributed by atoms with Crippen molar-refractivity contribution in [1.82, 2.24) is 15.5 Å². The molecule has 0 aromatic heterocycles. The molecule has 1 aromatic carbocycles. The first kappa shape index (κ1) is 46.9. The molecule has 0 bridgehead atoms. The van der Waals surface area contributed by atoms with E-state index in [0.29, 0.717) is 125 Å². The number of imide groups is 2. The number of piperidine rings is 1. The Morgan fingerprint density at radius 1 is 0.643 bits per heavy atom. The van der Waals surface area contributed by atoms with E-state index >= 15 is 0 Å². The molecule has 5 amide bonds. The van der Waals surface area contributed by atoms with Crippen LogP contribution in [0.2, 0.25) is 0 Å². The molecule has 1 saturated heterocycles. The van der Waals surface area contributed by atoms with Crippen molar-refractivity contribution in [2.75, 3.05) is 138 Å². The average molecular weight is 797 g/mol. The number of anilines is 1. The number of hydrogen-bond donors (Lipinski definition) is 3. The van der Waals surface area contributed by atoms with Crippen LogP contribution >= 0.6 is 0 Å². The third kappa shape index (κ3) is 18.7. The lowest BCUT2D eigenvalue weighted by molar-refractivity contribution is -0.136. The summed E-state index contributed by atoms with van der Waals surface area (Å²) in [4.78, 5) is 63.5. The van der Waals surface area contributed by atoms with Gasteiger partial charge in [-0.15, -0.1) is 0 Å². The van der Waals surface area contributed by atoms with Gasteiger partial charge >= 0.3 is 0 Å². The highest BCUT2D eigenvalue weighted by molar-refractivity contribution is 6.26. The van der Waals surface area contributed by atoms with Crippen molar-refractivity contribution >= 4 is 35.2 Å². The summed E-state index contributed by atoms with van der Waals surface area (Å²) in [5, 5.41) is 7.92. The Hall–Kier alpha value is -3.43. The minimum Gasteiger partial charge on any atom is -0.379 e. The Labute approximate surface area is 328 Å². The summed E-state index contributed by atoms with van der Waals surface area (Å²) in [7, 11) is 1.89. The zero-order chi connectivity index (χ0) is 40.1. The van der Waals surface area contributed by atoms with Crippen LogP contribution < -0.4 is 16.0 Å². The predicted octanol–water partition coefficient (Wildman–Crippen LogP) is 0.956. The van der Waals surface area contributed by atoms with Gasteiger partial charge in [0.15, 0.2) is 0 Å². The molecule has 3 N–H and O–H groups in total. The number of carbonyl (C=O) groups is 5. The van der Waals surface area contributed by atoms with Crippen molar-refractivity contribution in [1.29, 1.82) is 0 Å². The summed E-state index contributed by atoms with van der Waals surface area (Å²) in [5.74, 6) is -2.71. The summed E-state index contributed by atoms with van der Waals surface area (Å²) in [6.07, 6.45) is 2.46. The first-order valence-electron chi connectivity index (χ1n) is 19.4. The number of likely N-dealkylation sites (N-methyl/N-ethyl adjacent to an activating group) is 1. The van der Waals surface area contributed by atoms with Crippen LogP contribution in [0.25, 0.3) is 0 Å². The third-order valence-electron chi connectivity index (χ3n) is 8.41. The van der Waals surface area contributed by atoms with Gasteiger partial charge in [0, 0.05) is 26.0 Å². The van der Waals surface area contributed by atoms with E-state index in [0.717, 1.165) is 24.3 Å². The number of unbranched alkanes of at least 4 members (excludes halogenated alkanes) is 2. The van der Waals surface area contributed by atoms with Crippen LogP contribution in [0.3, 0.4) is 0 Å². The number of rotatable bonds is 35. The van der Waals surface area contributed by atoms with Gasteiger partial charge in [0.05, 0.1) is 129 Å². The molecule has 2 aliphatic rings. The van der Waals surface area contributed by atoms with Gasteiger partial charge in [-0.05, 0) is 38.4 Å². The molecule has 56 heavy (non-hydrogen) atoms. The smallest absolute Gasteiger partial charge is 0.264 e. The van der Waals surface area contributed by atoms with Crippen LogP contribution in [-0.4, -0.2) is 173 Å². The molecule has 1 fully saturated rings. The Morgan fingerprint density at radius 3 is 1.61 bits per heavy atom. The van der Waals surface area contributed by atoms with Crippen molar-refractivity contribution in [2.45, 2.75) is 44.6 Å². The SMILES string of the molecule is CNCCOCCOCCOCCOCCOCCOCCOCCOCCOCCCCCC(=O)Nc1cccc2c1C(=O)N(C1CCC(=O)NC1=O)C2=O. The number of hydrogen-bond acceptors (Lipinski definition) is 15. The molecule has 18 nitrogen and oxygen atoms in total. The van der Waals surface area contributed by atoms with Gasteiger partial charge in [-0.25, -0.2) is 0 Å². The second kappa shape index (κ2) is 29.8. The highest BCUT2D eigenvalue weighted by Crippen LogP contribution is 2.32. The molecule has 1 aromatic rings. The van der Waals surface area contributed by atoms with E-state index in [1.807, 2.05) is 7.05 Å². The topological polar surface area (TPSA) is 208 Å². The normalized spacial score (nSPS) is 15.4. The van der Waals surface area contributed by atoms with Crippen molar-refractivity contribution in [3.05, 3.63) is 29.3 Å². The largest absolute Gasteiger partial charge is 0.379 e. The summed E-state index contributed by atoms with van der Waals surface area (Å²) >= 11 is 0. The number of amides is 5. The summed E-state index contributed by atoms with van der Waals surface area (Å²) in [6, 6.07) is 3.53. The van der Waals surface area contributed by atoms with Gasteiger partial charge in [0.1, 0.15) is 6.04 Å².